The lowest BCUT2D eigenvalue weighted by Gasteiger charge is -2.27. The van der Waals surface area contributed by atoms with Gasteiger partial charge in [-0.15, -0.1) is 0 Å². The van der Waals surface area contributed by atoms with E-state index in [4.69, 9.17) is 5.73 Å². The fourth-order valence-electron chi connectivity index (χ4n) is 1.68. The van der Waals surface area contributed by atoms with Gasteiger partial charge in [-0.05, 0) is 18.7 Å². The summed E-state index contributed by atoms with van der Waals surface area (Å²) < 4.78 is 0. The predicted molar refractivity (Wildman–Crippen MR) is 58.8 cm³/mol. The highest BCUT2D eigenvalue weighted by Crippen LogP contribution is 2.25. The van der Waals surface area contributed by atoms with Gasteiger partial charge in [-0.3, -0.25) is 0 Å². The molecule has 1 aliphatic rings. The van der Waals surface area contributed by atoms with E-state index in [0.29, 0.717) is 6.54 Å². The maximum absolute atomic E-state index is 5.49. The molecule has 76 valence electrons. The number of nitrogens with zero attached hydrogens (tertiary/aromatic N) is 2. The molecule has 2 heterocycles. The minimum absolute atomic E-state index is 0.654. The van der Waals surface area contributed by atoms with E-state index >= 15 is 0 Å². The van der Waals surface area contributed by atoms with Crippen molar-refractivity contribution in [2.75, 3.05) is 36.9 Å². The number of anilines is 2. The van der Waals surface area contributed by atoms with Crippen LogP contribution in [0.5, 0.6) is 0 Å². The molecule has 0 aliphatic carbocycles. The average molecular weight is 192 g/mol. The van der Waals surface area contributed by atoms with Crippen molar-refractivity contribution in [1.82, 2.24) is 4.98 Å². The zero-order chi connectivity index (χ0) is 9.97. The Hall–Kier alpha value is -1.29. The van der Waals surface area contributed by atoms with E-state index in [1.807, 2.05) is 0 Å². The van der Waals surface area contributed by atoms with Gasteiger partial charge in [0.15, 0.2) is 0 Å². The number of likely N-dealkylation sites (N-methyl/N-ethyl adjacent to an activating group) is 1. The van der Waals surface area contributed by atoms with Gasteiger partial charge in [0.05, 0.1) is 5.69 Å². The van der Waals surface area contributed by atoms with E-state index in [0.717, 1.165) is 31.0 Å². The third-order valence-corrected chi connectivity index (χ3v) is 2.48. The van der Waals surface area contributed by atoms with E-state index in [1.165, 1.54) is 5.69 Å². The van der Waals surface area contributed by atoms with E-state index in [2.05, 4.69) is 34.4 Å². The predicted octanol–water partition coefficient (Wildman–Crippen LogP) is 0.445. The van der Waals surface area contributed by atoms with Crippen molar-refractivity contribution in [3.8, 4) is 0 Å². The van der Waals surface area contributed by atoms with Gasteiger partial charge in [-0.2, -0.15) is 0 Å². The van der Waals surface area contributed by atoms with Gasteiger partial charge >= 0.3 is 0 Å². The minimum Gasteiger partial charge on any atom is -0.370 e. The van der Waals surface area contributed by atoms with Crippen molar-refractivity contribution >= 4 is 11.5 Å². The second-order valence-corrected chi connectivity index (χ2v) is 3.56. The maximum atomic E-state index is 5.49. The van der Waals surface area contributed by atoms with Gasteiger partial charge in [-0.1, -0.05) is 0 Å². The average Bonchev–Trinajstić information content (AvgIpc) is 2.18. The van der Waals surface area contributed by atoms with E-state index in [1.54, 1.807) is 0 Å². The van der Waals surface area contributed by atoms with Gasteiger partial charge in [-0.25, -0.2) is 4.98 Å². The summed E-state index contributed by atoms with van der Waals surface area (Å²) in [6.07, 6.45) is 0.846. The van der Waals surface area contributed by atoms with Crippen molar-refractivity contribution in [3.63, 3.8) is 0 Å². The highest BCUT2D eigenvalue weighted by atomic mass is 15.2. The molecule has 1 aromatic heterocycles. The van der Waals surface area contributed by atoms with E-state index in [-0.39, 0.29) is 0 Å². The van der Waals surface area contributed by atoms with Crippen LogP contribution in [0.1, 0.15) is 5.69 Å². The van der Waals surface area contributed by atoms with Gasteiger partial charge in [0.1, 0.15) is 5.82 Å². The summed E-state index contributed by atoms with van der Waals surface area (Å²) in [6.45, 7) is 2.65. The van der Waals surface area contributed by atoms with Crippen molar-refractivity contribution in [1.29, 1.82) is 0 Å². The summed E-state index contributed by atoms with van der Waals surface area (Å²) in [5, 5.41) is 3.30. The summed E-state index contributed by atoms with van der Waals surface area (Å²) in [7, 11) is 2.09. The lowest BCUT2D eigenvalue weighted by Crippen LogP contribution is -2.31. The Labute approximate surface area is 84.1 Å². The Balaban J connectivity index is 2.29. The summed E-state index contributed by atoms with van der Waals surface area (Å²) in [4.78, 5) is 6.73. The van der Waals surface area contributed by atoms with Crippen LogP contribution in [0.4, 0.5) is 11.5 Å². The number of fused-ring (bicyclic) bond motifs is 1. The Morgan fingerprint density at radius 2 is 2.43 bits per heavy atom. The second-order valence-electron chi connectivity index (χ2n) is 3.56. The topological polar surface area (TPSA) is 54.2 Å². The van der Waals surface area contributed by atoms with Crippen molar-refractivity contribution in [3.05, 3.63) is 17.8 Å². The number of aromatic nitrogens is 1. The molecule has 0 saturated heterocycles. The Kier molecular flexibility index (Phi) is 2.54. The first kappa shape index (κ1) is 9.27. The molecule has 0 atom stereocenters. The molecule has 4 heteroatoms. The van der Waals surface area contributed by atoms with Crippen LogP contribution in [-0.4, -0.2) is 31.7 Å². The van der Waals surface area contributed by atoms with Crippen LogP contribution in [0.2, 0.25) is 0 Å². The van der Waals surface area contributed by atoms with Gasteiger partial charge in [0.2, 0.25) is 0 Å². The molecule has 0 radical (unpaired) electrons. The third-order valence-electron chi connectivity index (χ3n) is 2.48. The summed E-state index contributed by atoms with van der Waals surface area (Å²) in [5.41, 5.74) is 7.73. The standard InChI is InChI=1S/C10H16N4/c1-14-7-6-12-10-9(14)3-2-8(13-10)4-5-11/h2-3H,4-7,11H2,1H3,(H,12,13). The van der Waals surface area contributed by atoms with Crippen molar-refractivity contribution < 1.29 is 0 Å². The summed E-state index contributed by atoms with van der Waals surface area (Å²) in [6, 6.07) is 4.16. The second kappa shape index (κ2) is 3.84. The molecule has 14 heavy (non-hydrogen) atoms. The fraction of sp³-hybridized carbons (Fsp3) is 0.500. The molecular formula is C10H16N4. The van der Waals surface area contributed by atoms with Crippen LogP contribution >= 0.6 is 0 Å². The monoisotopic (exact) mass is 192 g/mol. The number of hydrogen-bond acceptors (Lipinski definition) is 4. The maximum Gasteiger partial charge on any atom is 0.149 e. The number of rotatable bonds is 2. The zero-order valence-electron chi connectivity index (χ0n) is 8.45. The van der Waals surface area contributed by atoms with Crippen molar-refractivity contribution in [2.45, 2.75) is 6.42 Å². The van der Waals surface area contributed by atoms with Crippen LogP contribution in [0.15, 0.2) is 12.1 Å². The highest BCUT2D eigenvalue weighted by Gasteiger charge is 2.13. The molecule has 0 aromatic carbocycles. The summed E-state index contributed by atoms with van der Waals surface area (Å²) in [5.74, 6) is 0.990. The van der Waals surface area contributed by atoms with Crippen LogP contribution in [0, 0.1) is 0 Å². The minimum atomic E-state index is 0.654. The van der Waals surface area contributed by atoms with E-state index in [9.17, 15) is 0 Å². The molecule has 3 N–H and O–H groups in total. The van der Waals surface area contributed by atoms with Crippen LogP contribution in [0.25, 0.3) is 0 Å². The van der Waals surface area contributed by atoms with Crippen molar-refractivity contribution in [2.24, 2.45) is 5.73 Å². The highest BCUT2D eigenvalue weighted by molar-refractivity contribution is 5.67. The number of nitrogens with two attached hydrogens (primary N) is 1. The zero-order valence-corrected chi connectivity index (χ0v) is 8.45. The molecule has 1 aromatic rings. The first-order valence-corrected chi connectivity index (χ1v) is 4.96. The quantitative estimate of drug-likeness (QED) is 0.714. The van der Waals surface area contributed by atoms with E-state index < -0.39 is 0 Å². The first-order chi connectivity index (χ1) is 6.81. The van der Waals surface area contributed by atoms with Gasteiger partial charge in [0.25, 0.3) is 0 Å². The Bertz CT molecular complexity index is 324. The molecule has 0 fully saturated rings. The lowest BCUT2D eigenvalue weighted by atomic mass is 10.2. The molecule has 0 saturated carbocycles. The molecule has 0 unspecified atom stereocenters. The smallest absolute Gasteiger partial charge is 0.149 e. The third kappa shape index (κ3) is 1.65. The van der Waals surface area contributed by atoms with Crippen LogP contribution < -0.4 is 16.0 Å². The molecular weight excluding hydrogens is 176 g/mol. The molecule has 4 nitrogen and oxygen atoms in total. The Morgan fingerprint density at radius 1 is 1.57 bits per heavy atom. The fourth-order valence-corrected chi connectivity index (χ4v) is 1.68. The SMILES string of the molecule is CN1CCNc2nc(CCN)ccc21. The lowest BCUT2D eigenvalue weighted by molar-refractivity contribution is 0.857. The largest absolute Gasteiger partial charge is 0.370 e. The molecule has 0 spiro atoms. The molecule has 2 rings (SSSR count). The van der Waals surface area contributed by atoms with Crippen LogP contribution in [0.3, 0.4) is 0 Å². The Morgan fingerprint density at radius 3 is 3.21 bits per heavy atom. The first-order valence-electron chi connectivity index (χ1n) is 4.96. The summed E-state index contributed by atoms with van der Waals surface area (Å²) >= 11 is 0. The van der Waals surface area contributed by atoms with Crippen LogP contribution in [-0.2, 0) is 6.42 Å². The van der Waals surface area contributed by atoms with Gasteiger partial charge < -0.3 is 16.0 Å². The molecule has 0 amide bonds. The van der Waals surface area contributed by atoms with Gasteiger partial charge in [0, 0.05) is 32.3 Å². The molecule has 1 aliphatic heterocycles. The number of pyridine rings is 1. The normalized spacial score (nSPS) is 14.9. The number of hydrogen-bond donors (Lipinski definition) is 2. The molecule has 0 bridgehead atoms. The number of nitrogens with one attached hydrogen (secondary N) is 1.